The molecule has 1 unspecified atom stereocenters. The quantitative estimate of drug-likeness (QED) is 0.508. The molecule has 0 saturated carbocycles. The molecule has 0 radical (unpaired) electrons. The molecular formula is C7H10N4. The van der Waals surface area contributed by atoms with Gasteiger partial charge in [-0.2, -0.15) is 9.90 Å². The third-order valence-corrected chi connectivity index (χ3v) is 1.03. The van der Waals surface area contributed by atoms with Crippen LogP contribution in [0.15, 0.2) is 6.20 Å². The zero-order valence-corrected chi connectivity index (χ0v) is 6.57. The largest absolute Gasteiger partial charge is 0.318 e. The predicted molar refractivity (Wildman–Crippen MR) is 41.5 cm³/mol. The highest BCUT2D eigenvalue weighted by Gasteiger charge is 1.90. The lowest BCUT2D eigenvalue weighted by molar-refractivity contribution is 0.652. The summed E-state index contributed by atoms with van der Waals surface area (Å²) in [4.78, 5) is 1.46. The Balaban J connectivity index is 2.74. The Morgan fingerprint density at radius 1 is 1.73 bits per heavy atom. The number of nitrogens with zero attached hydrogens (tertiary/aromatic N) is 3. The Morgan fingerprint density at radius 3 is 2.91 bits per heavy atom. The smallest absolute Gasteiger partial charge is 0.155 e. The maximum absolute atomic E-state index is 5.42. The Labute approximate surface area is 65.4 Å². The van der Waals surface area contributed by atoms with Crippen LogP contribution in [0.2, 0.25) is 0 Å². The van der Waals surface area contributed by atoms with E-state index in [4.69, 9.17) is 5.73 Å². The van der Waals surface area contributed by atoms with Gasteiger partial charge in [-0.3, -0.25) is 0 Å². The Bertz CT molecular complexity index is 289. The number of nitrogens with two attached hydrogens (primary N) is 1. The highest BCUT2D eigenvalue weighted by molar-refractivity contribution is 5.25. The van der Waals surface area contributed by atoms with Gasteiger partial charge < -0.3 is 5.73 Å². The first-order valence-electron chi connectivity index (χ1n) is 3.32. The maximum atomic E-state index is 5.42. The van der Waals surface area contributed by atoms with Gasteiger partial charge in [0.25, 0.3) is 0 Å². The molecule has 1 aromatic rings. The zero-order valence-electron chi connectivity index (χ0n) is 6.57. The molecule has 0 fully saturated rings. The van der Waals surface area contributed by atoms with Gasteiger partial charge in [0, 0.05) is 7.05 Å². The van der Waals surface area contributed by atoms with Crippen LogP contribution < -0.4 is 5.73 Å². The molecule has 1 aromatic heterocycles. The van der Waals surface area contributed by atoms with Crippen LogP contribution in [0.1, 0.15) is 12.6 Å². The lowest BCUT2D eigenvalue weighted by atomic mass is 10.3. The van der Waals surface area contributed by atoms with E-state index in [-0.39, 0.29) is 6.04 Å². The normalized spacial score (nSPS) is 11.9. The second-order valence-electron chi connectivity index (χ2n) is 2.28. The van der Waals surface area contributed by atoms with Crippen LogP contribution in [0, 0.1) is 11.8 Å². The van der Waals surface area contributed by atoms with Crippen molar-refractivity contribution in [3.05, 3.63) is 11.9 Å². The summed E-state index contributed by atoms with van der Waals surface area (Å²) in [7, 11) is 1.75. The van der Waals surface area contributed by atoms with Crippen LogP contribution in [0.3, 0.4) is 0 Å². The molecule has 58 valence electrons. The van der Waals surface area contributed by atoms with Crippen molar-refractivity contribution in [1.82, 2.24) is 15.0 Å². The van der Waals surface area contributed by atoms with E-state index in [1.165, 1.54) is 4.80 Å². The van der Waals surface area contributed by atoms with Gasteiger partial charge in [0.2, 0.25) is 0 Å². The number of hydrogen-bond acceptors (Lipinski definition) is 3. The van der Waals surface area contributed by atoms with Crippen LogP contribution in [-0.2, 0) is 7.05 Å². The van der Waals surface area contributed by atoms with Crippen LogP contribution in [-0.4, -0.2) is 21.0 Å². The third kappa shape index (κ3) is 2.40. The minimum atomic E-state index is -0.114. The van der Waals surface area contributed by atoms with Crippen molar-refractivity contribution < 1.29 is 0 Å². The average Bonchev–Trinajstić information content (AvgIpc) is 2.31. The standard InChI is InChI=1S/C7H10N4/c1-6(8)3-4-7-5-9-11(2)10-7/h5-6H,8H2,1-2H3. The maximum Gasteiger partial charge on any atom is 0.155 e. The van der Waals surface area contributed by atoms with Crippen LogP contribution in [0.25, 0.3) is 0 Å². The molecule has 4 nitrogen and oxygen atoms in total. The molecule has 4 heteroatoms. The van der Waals surface area contributed by atoms with Gasteiger partial charge in [-0.25, -0.2) is 0 Å². The summed E-state index contributed by atoms with van der Waals surface area (Å²) in [5, 5.41) is 7.82. The fourth-order valence-electron chi connectivity index (χ4n) is 0.591. The number of rotatable bonds is 0. The summed E-state index contributed by atoms with van der Waals surface area (Å²) < 4.78 is 0. The van der Waals surface area contributed by atoms with Gasteiger partial charge in [0.1, 0.15) is 0 Å². The van der Waals surface area contributed by atoms with E-state index in [0.717, 1.165) is 0 Å². The van der Waals surface area contributed by atoms with Crippen molar-refractivity contribution in [3.8, 4) is 11.8 Å². The van der Waals surface area contributed by atoms with Gasteiger partial charge >= 0.3 is 0 Å². The predicted octanol–water partition coefficient (Wildman–Crippen LogP) is -0.486. The van der Waals surface area contributed by atoms with E-state index in [1.807, 2.05) is 6.92 Å². The molecule has 0 bridgehead atoms. The summed E-state index contributed by atoms with van der Waals surface area (Å²) in [5.41, 5.74) is 6.08. The Morgan fingerprint density at radius 2 is 2.45 bits per heavy atom. The second-order valence-corrected chi connectivity index (χ2v) is 2.28. The molecule has 2 N–H and O–H groups in total. The molecule has 11 heavy (non-hydrogen) atoms. The fourth-order valence-corrected chi connectivity index (χ4v) is 0.591. The van der Waals surface area contributed by atoms with Crippen molar-refractivity contribution in [2.24, 2.45) is 12.8 Å². The topological polar surface area (TPSA) is 56.7 Å². The number of hydrogen-bond donors (Lipinski definition) is 1. The second kappa shape index (κ2) is 3.17. The molecule has 0 amide bonds. The molecule has 1 atom stereocenters. The lowest BCUT2D eigenvalue weighted by Crippen LogP contribution is -2.10. The molecule has 0 aromatic carbocycles. The van der Waals surface area contributed by atoms with Crippen molar-refractivity contribution in [3.63, 3.8) is 0 Å². The summed E-state index contributed by atoms with van der Waals surface area (Å²) in [6.45, 7) is 1.82. The minimum absolute atomic E-state index is 0.114. The van der Waals surface area contributed by atoms with Gasteiger partial charge in [-0.1, -0.05) is 5.92 Å². The minimum Gasteiger partial charge on any atom is -0.318 e. The van der Waals surface area contributed by atoms with Crippen molar-refractivity contribution in [2.75, 3.05) is 0 Å². The van der Waals surface area contributed by atoms with E-state index in [9.17, 15) is 0 Å². The average molecular weight is 150 g/mol. The van der Waals surface area contributed by atoms with Crippen molar-refractivity contribution in [1.29, 1.82) is 0 Å². The van der Waals surface area contributed by atoms with Crippen LogP contribution in [0.4, 0.5) is 0 Å². The molecule has 1 rings (SSSR count). The number of aromatic nitrogens is 3. The van der Waals surface area contributed by atoms with E-state index >= 15 is 0 Å². The van der Waals surface area contributed by atoms with Gasteiger partial charge in [0.05, 0.1) is 12.2 Å². The zero-order chi connectivity index (χ0) is 8.27. The molecule has 0 aliphatic heterocycles. The van der Waals surface area contributed by atoms with E-state index in [0.29, 0.717) is 5.69 Å². The lowest BCUT2D eigenvalue weighted by Gasteiger charge is -1.85. The highest BCUT2D eigenvalue weighted by atomic mass is 15.4. The first kappa shape index (κ1) is 7.76. The van der Waals surface area contributed by atoms with Gasteiger partial charge in [-0.05, 0) is 12.8 Å². The van der Waals surface area contributed by atoms with Gasteiger partial charge in [-0.15, -0.1) is 5.10 Å². The fraction of sp³-hybridized carbons (Fsp3) is 0.429. The molecule has 0 spiro atoms. The van der Waals surface area contributed by atoms with Gasteiger partial charge in [0.15, 0.2) is 5.69 Å². The number of aryl methyl sites for hydroxylation is 1. The summed E-state index contributed by atoms with van der Waals surface area (Å²) in [5.74, 6) is 5.58. The van der Waals surface area contributed by atoms with E-state index in [2.05, 4.69) is 22.0 Å². The highest BCUT2D eigenvalue weighted by Crippen LogP contribution is 1.85. The van der Waals surface area contributed by atoms with E-state index < -0.39 is 0 Å². The first-order chi connectivity index (χ1) is 5.18. The molecular weight excluding hydrogens is 140 g/mol. The Kier molecular flexibility index (Phi) is 2.24. The molecule has 0 saturated heterocycles. The van der Waals surface area contributed by atoms with E-state index in [1.54, 1.807) is 13.2 Å². The monoisotopic (exact) mass is 150 g/mol. The summed E-state index contributed by atoms with van der Waals surface area (Å²) in [6, 6.07) is -0.114. The van der Waals surface area contributed by atoms with Crippen molar-refractivity contribution in [2.45, 2.75) is 13.0 Å². The SMILES string of the molecule is CC(N)C#Cc1cnn(C)n1. The van der Waals surface area contributed by atoms with Crippen LogP contribution in [0.5, 0.6) is 0 Å². The third-order valence-electron chi connectivity index (χ3n) is 1.03. The molecule has 0 aliphatic carbocycles. The first-order valence-corrected chi connectivity index (χ1v) is 3.32. The van der Waals surface area contributed by atoms with Crippen molar-refractivity contribution >= 4 is 0 Å². The summed E-state index contributed by atoms with van der Waals surface area (Å²) >= 11 is 0. The summed E-state index contributed by atoms with van der Waals surface area (Å²) in [6.07, 6.45) is 1.61. The Hall–Kier alpha value is -1.34. The molecule has 1 heterocycles. The molecule has 0 aliphatic rings. The van der Waals surface area contributed by atoms with Crippen LogP contribution >= 0.6 is 0 Å².